The van der Waals surface area contributed by atoms with E-state index in [0.29, 0.717) is 23.6 Å². The number of nitriles is 1. The third-order valence-electron chi connectivity index (χ3n) is 2.01. The van der Waals surface area contributed by atoms with E-state index < -0.39 is 0 Å². The van der Waals surface area contributed by atoms with Crippen LogP contribution in [0.2, 0.25) is 0 Å². The molecule has 0 spiro atoms. The van der Waals surface area contributed by atoms with E-state index in [0.717, 1.165) is 0 Å². The minimum absolute atomic E-state index is 0.118. The molecule has 0 aromatic heterocycles. The van der Waals surface area contributed by atoms with Crippen molar-refractivity contribution in [2.75, 3.05) is 19.5 Å². The molecular formula is C11H11ClN2O. The van der Waals surface area contributed by atoms with Crippen molar-refractivity contribution in [1.82, 2.24) is 4.90 Å². The molecule has 0 saturated heterocycles. The van der Waals surface area contributed by atoms with E-state index in [2.05, 4.69) is 0 Å². The second kappa shape index (κ2) is 5.38. The first-order valence-corrected chi connectivity index (χ1v) is 5.04. The molecule has 1 rings (SSSR count). The van der Waals surface area contributed by atoms with E-state index in [-0.39, 0.29) is 5.91 Å². The molecular weight excluding hydrogens is 212 g/mol. The van der Waals surface area contributed by atoms with Gasteiger partial charge in [0.15, 0.2) is 0 Å². The monoisotopic (exact) mass is 222 g/mol. The number of amides is 1. The predicted molar refractivity (Wildman–Crippen MR) is 58.8 cm³/mol. The maximum absolute atomic E-state index is 11.8. The minimum atomic E-state index is -0.118. The van der Waals surface area contributed by atoms with Gasteiger partial charge in [-0.25, -0.2) is 0 Å². The van der Waals surface area contributed by atoms with Crippen LogP contribution in [0, 0.1) is 11.3 Å². The molecule has 15 heavy (non-hydrogen) atoms. The van der Waals surface area contributed by atoms with Crippen LogP contribution in [-0.2, 0) is 0 Å². The van der Waals surface area contributed by atoms with Gasteiger partial charge < -0.3 is 4.90 Å². The SMILES string of the molecule is CN(CCCl)C(=O)c1cccc(C#N)c1. The highest BCUT2D eigenvalue weighted by Crippen LogP contribution is 2.06. The maximum Gasteiger partial charge on any atom is 0.253 e. The van der Waals surface area contributed by atoms with Crippen molar-refractivity contribution in [3.05, 3.63) is 35.4 Å². The Kier molecular flexibility index (Phi) is 4.14. The molecule has 4 heteroatoms. The fraction of sp³-hybridized carbons (Fsp3) is 0.273. The van der Waals surface area contributed by atoms with E-state index in [9.17, 15) is 4.79 Å². The summed E-state index contributed by atoms with van der Waals surface area (Å²) in [5.74, 6) is 0.285. The quantitative estimate of drug-likeness (QED) is 0.733. The molecule has 1 amide bonds. The summed E-state index contributed by atoms with van der Waals surface area (Å²) in [6.45, 7) is 0.497. The Morgan fingerprint density at radius 1 is 1.60 bits per heavy atom. The van der Waals surface area contributed by atoms with Crippen LogP contribution in [0.5, 0.6) is 0 Å². The Morgan fingerprint density at radius 2 is 2.33 bits per heavy atom. The van der Waals surface area contributed by atoms with Gasteiger partial charge in [-0.1, -0.05) is 6.07 Å². The van der Waals surface area contributed by atoms with Crippen molar-refractivity contribution < 1.29 is 4.79 Å². The van der Waals surface area contributed by atoms with E-state index in [1.807, 2.05) is 6.07 Å². The van der Waals surface area contributed by atoms with Gasteiger partial charge in [0.1, 0.15) is 0 Å². The summed E-state index contributed by atoms with van der Waals surface area (Å²) in [5.41, 5.74) is 1.00. The average Bonchev–Trinajstić information content (AvgIpc) is 2.28. The molecule has 3 nitrogen and oxygen atoms in total. The van der Waals surface area contributed by atoms with E-state index in [1.165, 1.54) is 4.90 Å². The van der Waals surface area contributed by atoms with Gasteiger partial charge >= 0.3 is 0 Å². The molecule has 0 fully saturated rings. The Balaban J connectivity index is 2.87. The maximum atomic E-state index is 11.8. The number of rotatable bonds is 3. The lowest BCUT2D eigenvalue weighted by molar-refractivity contribution is 0.0803. The topological polar surface area (TPSA) is 44.1 Å². The number of nitrogens with zero attached hydrogens (tertiary/aromatic N) is 2. The van der Waals surface area contributed by atoms with Crippen LogP contribution < -0.4 is 0 Å². The van der Waals surface area contributed by atoms with Gasteiger partial charge in [-0.2, -0.15) is 5.26 Å². The summed E-state index contributed by atoms with van der Waals surface area (Å²) in [4.78, 5) is 13.3. The third kappa shape index (κ3) is 2.97. The van der Waals surface area contributed by atoms with Gasteiger partial charge in [0.05, 0.1) is 11.6 Å². The second-order valence-corrected chi connectivity index (χ2v) is 3.49. The smallest absolute Gasteiger partial charge is 0.253 e. The molecule has 0 aliphatic heterocycles. The summed E-state index contributed by atoms with van der Waals surface area (Å²) in [7, 11) is 1.68. The van der Waals surface area contributed by atoms with Crippen LogP contribution in [-0.4, -0.2) is 30.3 Å². The highest BCUT2D eigenvalue weighted by molar-refractivity contribution is 6.18. The lowest BCUT2D eigenvalue weighted by atomic mass is 10.1. The van der Waals surface area contributed by atoms with Gasteiger partial charge in [-0.05, 0) is 18.2 Å². The molecule has 1 aromatic rings. The summed E-state index contributed by atoms with van der Waals surface area (Å²) in [6.07, 6.45) is 0. The van der Waals surface area contributed by atoms with Crippen LogP contribution in [0.25, 0.3) is 0 Å². The first-order chi connectivity index (χ1) is 7.19. The third-order valence-corrected chi connectivity index (χ3v) is 2.17. The standard InChI is InChI=1S/C11H11ClN2O/c1-14(6-5-12)11(15)10-4-2-3-9(7-10)8-13/h2-4,7H,5-6H2,1H3. The van der Waals surface area contributed by atoms with Crippen LogP contribution in [0.4, 0.5) is 0 Å². The fourth-order valence-electron chi connectivity index (χ4n) is 1.17. The zero-order valence-electron chi connectivity index (χ0n) is 8.40. The molecule has 0 unspecified atom stereocenters. The molecule has 0 aliphatic carbocycles. The number of hydrogen-bond acceptors (Lipinski definition) is 2. The minimum Gasteiger partial charge on any atom is -0.341 e. The molecule has 1 aromatic carbocycles. The van der Waals surface area contributed by atoms with Crippen molar-refractivity contribution >= 4 is 17.5 Å². The average molecular weight is 223 g/mol. The van der Waals surface area contributed by atoms with Gasteiger partial charge in [-0.3, -0.25) is 4.79 Å². The first-order valence-electron chi connectivity index (χ1n) is 4.50. The van der Waals surface area contributed by atoms with E-state index in [4.69, 9.17) is 16.9 Å². The Labute approximate surface area is 93.9 Å². The molecule has 0 heterocycles. The van der Waals surface area contributed by atoms with Crippen LogP contribution >= 0.6 is 11.6 Å². The molecule has 0 N–H and O–H groups in total. The van der Waals surface area contributed by atoms with Crippen LogP contribution in [0.3, 0.4) is 0 Å². The Hall–Kier alpha value is -1.53. The first kappa shape index (κ1) is 11.5. The number of benzene rings is 1. The number of carbonyl (C=O) groups is 1. The van der Waals surface area contributed by atoms with Crippen molar-refractivity contribution in [2.24, 2.45) is 0 Å². The van der Waals surface area contributed by atoms with Crippen molar-refractivity contribution in [2.45, 2.75) is 0 Å². The zero-order valence-corrected chi connectivity index (χ0v) is 9.16. The summed E-state index contributed by atoms with van der Waals surface area (Å²) < 4.78 is 0. The van der Waals surface area contributed by atoms with Crippen LogP contribution in [0.1, 0.15) is 15.9 Å². The van der Waals surface area contributed by atoms with Gasteiger partial charge in [-0.15, -0.1) is 11.6 Å². The van der Waals surface area contributed by atoms with Crippen molar-refractivity contribution in [3.8, 4) is 6.07 Å². The Morgan fingerprint density at radius 3 is 2.93 bits per heavy atom. The molecule has 0 radical (unpaired) electrons. The summed E-state index contributed by atoms with van der Waals surface area (Å²) in [6, 6.07) is 8.62. The molecule has 0 atom stereocenters. The van der Waals surface area contributed by atoms with E-state index in [1.54, 1.807) is 31.3 Å². The summed E-state index contributed by atoms with van der Waals surface area (Å²) >= 11 is 5.54. The zero-order chi connectivity index (χ0) is 11.3. The number of alkyl halides is 1. The highest BCUT2D eigenvalue weighted by Gasteiger charge is 2.10. The van der Waals surface area contributed by atoms with Gasteiger partial charge in [0.25, 0.3) is 5.91 Å². The largest absolute Gasteiger partial charge is 0.341 e. The van der Waals surface area contributed by atoms with Gasteiger partial charge in [0, 0.05) is 25.0 Å². The van der Waals surface area contributed by atoms with E-state index >= 15 is 0 Å². The molecule has 0 aliphatic rings. The van der Waals surface area contributed by atoms with Crippen LogP contribution in [0.15, 0.2) is 24.3 Å². The highest BCUT2D eigenvalue weighted by atomic mass is 35.5. The normalized spacial score (nSPS) is 9.40. The number of hydrogen-bond donors (Lipinski definition) is 0. The van der Waals surface area contributed by atoms with Crippen molar-refractivity contribution in [3.63, 3.8) is 0 Å². The Bertz CT molecular complexity index is 398. The van der Waals surface area contributed by atoms with Crippen molar-refractivity contribution in [1.29, 1.82) is 5.26 Å². The second-order valence-electron chi connectivity index (χ2n) is 3.11. The summed E-state index contributed by atoms with van der Waals surface area (Å²) in [5, 5.41) is 8.69. The number of carbonyl (C=O) groups excluding carboxylic acids is 1. The lowest BCUT2D eigenvalue weighted by Gasteiger charge is -2.15. The molecule has 0 saturated carbocycles. The van der Waals surface area contributed by atoms with Gasteiger partial charge in [0.2, 0.25) is 0 Å². The number of halogens is 1. The molecule has 0 bridgehead atoms. The fourth-order valence-corrected chi connectivity index (χ4v) is 1.42. The predicted octanol–water partition coefficient (Wildman–Crippen LogP) is 1.87. The lowest BCUT2D eigenvalue weighted by Crippen LogP contribution is -2.28. The molecule has 78 valence electrons.